The summed E-state index contributed by atoms with van der Waals surface area (Å²) >= 11 is 0. The van der Waals surface area contributed by atoms with Crippen LogP contribution in [-0.4, -0.2) is 28.3 Å². The van der Waals surface area contributed by atoms with Gasteiger partial charge >= 0.3 is 0 Å². The number of nitrogens with zero attached hydrogens (tertiary/aromatic N) is 2. The summed E-state index contributed by atoms with van der Waals surface area (Å²) < 4.78 is 0. The Hall–Kier alpha value is -0.900. The molecule has 2 fully saturated rings. The fourth-order valence-electron chi connectivity index (χ4n) is 3.01. The number of aromatic nitrogens is 3. The number of hydrogen-bond acceptors (Lipinski definition) is 3. The third-order valence-corrected chi connectivity index (χ3v) is 4.14. The van der Waals surface area contributed by atoms with E-state index < -0.39 is 0 Å². The minimum atomic E-state index is 0.191. The molecule has 2 N–H and O–H groups in total. The fourth-order valence-corrected chi connectivity index (χ4v) is 3.01. The molecule has 1 unspecified atom stereocenters. The standard InChI is InChI=1S/C13H22N4/c1-2-6-13(7-3-8-14-9-13)12-15-11(16-17-12)10-4-5-10/h10,14H,2-9H2,1H3,(H,15,16,17). The minimum Gasteiger partial charge on any atom is -0.316 e. The molecule has 2 aliphatic rings. The van der Waals surface area contributed by atoms with Gasteiger partial charge in [0, 0.05) is 17.9 Å². The number of rotatable bonds is 4. The van der Waals surface area contributed by atoms with Crippen molar-refractivity contribution in [1.29, 1.82) is 0 Å². The molecule has 94 valence electrons. The van der Waals surface area contributed by atoms with Crippen LogP contribution in [0.3, 0.4) is 0 Å². The lowest BCUT2D eigenvalue weighted by atomic mass is 9.76. The molecule has 1 saturated heterocycles. The summed E-state index contributed by atoms with van der Waals surface area (Å²) in [6.45, 7) is 4.44. The highest BCUT2D eigenvalue weighted by Gasteiger charge is 2.38. The molecule has 4 nitrogen and oxygen atoms in total. The van der Waals surface area contributed by atoms with Crippen molar-refractivity contribution in [2.75, 3.05) is 13.1 Å². The van der Waals surface area contributed by atoms with Gasteiger partial charge in [-0.05, 0) is 38.6 Å². The lowest BCUT2D eigenvalue weighted by Gasteiger charge is -2.35. The van der Waals surface area contributed by atoms with E-state index in [0.717, 1.165) is 24.7 Å². The van der Waals surface area contributed by atoms with E-state index in [4.69, 9.17) is 4.98 Å². The maximum absolute atomic E-state index is 4.78. The lowest BCUT2D eigenvalue weighted by Crippen LogP contribution is -2.44. The van der Waals surface area contributed by atoms with E-state index in [0.29, 0.717) is 5.92 Å². The molecule has 1 saturated carbocycles. The maximum Gasteiger partial charge on any atom is 0.158 e. The average Bonchev–Trinajstić information content (AvgIpc) is 3.08. The molecule has 4 heteroatoms. The monoisotopic (exact) mass is 234 g/mol. The summed E-state index contributed by atoms with van der Waals surface area (Å²) in [5.74, 6) is 2.86. The van der Waals surface area contributed by atoms with Gasteiger partial charge in [-0.2, -0.15) is 5.10 Å². The summed E-state index contributed by atoms with van der Waals surface area (Å²) in [6, 6.07) is 0. The third-order valence-electron chi connectivity index (χ3n) is 4.14. The highest BCUT2D eigenvalue weighted by molar-refractivity contribution is 5.14. The van der Waals surface area contributed by atoms with Crippen LogP contribution in [0.2, 0.25) is 0 Å². The average molecular weight is 234 g/mol. The summed E-state index contributed by atoms with van der Waals surface area (Å²) in [7, 11) is 0. The van der Waals surface area contributed by atoms with E-state index in [1.807, 2.05) is 0 Å². The molecular formula is C13H22N4. The second-order valence-electron chi connectivity index (χ2n) is 5.63. The van der Waals surface area contributed by atoms with Crippen molar-refractivity contribution in [1.82, 2.24) is 20.5 Å². The van der Waals surface area contributed by atoms with E-state index in [1.54, 1.807) is 0 Å². The van der Waals surface area contributed by atoms with E-state index in [1.165, 1.54) is 38.5 Å². The summed E-state index contributed by atoms with van der Waals surface area (Å²) in [5, 5.41) is 11.2. The summed E-state index contributed by atoms with van der Waals surface area (Å²) in [6.07, 6.45) is 7.45. The number of hydrogen-bond donors (Lipinski definition) is 2. The van der Waals surface area contributed by atoms with Gasteiger partial charge in [0.1, 0.15) is 5.82 Å². The summed E-state index contributed by atoms with van der Waals surface area (Å²) in [4.78, 5) is 4.78. The van der Waals surface area contributed by atoms with Gasteiger partial charge in [0.05, 0.1) is 0 Å². The molecule has 0 spiro atoms. The Morgan fingerprint density at radius 3 is 2.94 bits per heavy atom. The molecule has 0 aromatic carbocycles. The Balaban J connectivity index is 1.84. The predicted molar refractivity (Wildman–Crippen MR) is 67.0 cm³/mol. The van der Waals surface area contributed by atoms with Gasteiger partial charge < -0.3 is 5.32 Å². The summed E-state index contributed by atoms with van der Waals surface area (Å²) in [5.41, 5.74) is 0.191. The molecule has 2 heterocycles. The number of H-pyrrole nitrogens is 1. The number of nitrogens with one attached hydrogen (secondary N) is 2. The minimum absolute atomic E-state index is 0.191. The van der Waals surface area contributed by atoms with E-state index in [2.05, 4.69) is 22.4 Å². The first-order valence-corrected chi connectivity index (χ1v) is 6.97. The maximum atomic E-state index is 4.78. The van der Waals surface area contributed by atoms with Crippen molar-refractivity contribution in [2.24, 2.45) is 0 Å². The van der Waals surface area contributed by atoms with Crippen molar-refractivity contribution in [3.8, 4) is 0 Å². The van der Waals surface area contributed by atoms with Crippen LogP contribution in [0, 0.1) is 0 Å². The highest BCUT2D eigenvalue weighted by Crippen LogP contribution is 2.40. The van der Waals surface area contributed by atoms with Crippen LogP contribution >= 0.6 is 0 Å². The Morgan fingerprint density at radius 2 is 2.29 bits per heavy atom. The van der Waals surface area contributed by atoms with Crippen molar-refractivity contribution < 1.29 is 0 Å². The molecule has 0 bridgehead atoms. The SMILES string of the molecule is CCCC1(c2n[nH]c(C3CC3)n2)CCCNC1. The van der Waals surface area contributed by atoms with Gasteiger partial charge in [-0.1, -0.05) is 13.3 Å². The quantitative estimate of drug-likeness (QED) is 0.839. The van der Waals surface area contributed by atoms with Crippen molar-refractivity contribution >= 4 is 0 Å². The van der Waals surface area contributed by atoms with Gasteiger partial charge in [0.15, 0.2) is 5.82 Å². The number of aromatic amines is 1. The zero-order chi connectivity index (χ0) is 11.7. The zero-order valence-corrected chi connectivity index (χ0v) is 10.6. The third kappa shape index (κ3) is 2.10. The first kappa shape index (κ1) is 11.2. The Morgan fingerprint density at radius 1 is 1.41 bits per heavy atom. The molecular weight excluding hydrogens is 212 g/mol. The van der Waals surface area contributed by atoms with Gasteiger partial charge in [0.2, 0.25) is 0 Å². The smallest absolute Gasteiger partial charge is 0.158 e. The van der Waals surface area contributed by atoms with Crippen LogP contribution < -0.4 is 5.32 Å². The first-order valence-electron chi connectivity index (χ1n) is 6.97. The van der Waals surface area contributed by atoms with Crippen LogP contribution in [0.1, 0.15) is 63.0 Å². The zero-order valence-electron chi connectivity index (χ0n) is 10.6. The number of piperidine rings is 1. The van der Waals surface area contributed by atoms with Crippen LogP contribution in [-0.2, 0) is 5.41 Å². The molecule has 3 rings (SSSR count). The molecule has 1 aromatic rings. The Kier molecular flexibility index (Phi) is 2.90. The van der Waals surface area contributed by atoms with Gasteiger partial charge in [-0.3, -0.25) is 5.10 Å². The predicted octanol–water partition coefficient (Wildman–Crippen LogP) is 2.10. The van der Waals surface area contributed by atoms with Crippen LogP contribution in [0.15, 0.2) is 0 Å². The van der Waals surface area contributed by atoms with Gasteiger partial charge in [-0.15, -0.1) is 0 Å². The molecule has 0 radical (unpaired) electrons. The van der Waals surface area contributed by atoms with Crippen LogP contribution in [0.25, 0.3) is 0 Å². The Labute approximate surface area is 103 Å². The molecule has 17 heavy (non-hydrogen) atoms. The van der Waals surface area contributed by atoms with E-state index >= 15 is 0 Å². The molecule has 1 atom stereocenters. The topological polar surface area (TPSA) is 53.6 Å². The van der Waals surface area contributed by atoms with Crippen molar-refractivity contribution in [3.05, 3.63) is 11.6 Å². The normalized spacial score (nSPS) is 29.5. The van der Waals surface area contributed by atoms with Crippen LogP contribution in [0.4, 0.5) is 0 Å². The highest BCUT2D eigenvalue weighted by atomic mass is 15.2. The fraction of sp³-hybridized carbons (Fsp3) is 0.846. The molecule has 0 amide bonds. The Bertz CT molecular complexity index is 369. The molecule has 1 aliphatic carbocycles. The lowest BCUT2D eigenvalue weighted by molar-refractivity contribution is 0.276. The first-order chi connectivity index (χ1) is 8.34. The van der Waals surface area contributed by atoms with Crippen LogP contribution in [0.5, 0.6) is 0 Å². The van der Waals surface area contributed by atoms with Crippen molar-refractivity contribution in [3.63, 3.8) is 0 Å². The molecule has 1 aromatic heterocycles. The molecule has 1 aliphatic heterocycles. The second-order valence-corrected chi connectivity index (χ2v) is 5.63. The van der Waals surface area contributed by atoms with Gasteiger partial charge in [0.25, 0.3) is 0 Å². The van der Waals surface area contributed by atoms with E-state index in [9.17, 15) is 0 Å². The second kappa shape index (κ2) is 4.41. The van der Waals surface area contributed by atoms with E-state index in [-0.39, 0.29) is 5.41 Å². The van der Waals surface area contributed by atoms with Gasteiger partial charge in [-0.25, -0.2) is 4.98 Å². The largest absolute Gasteiger partial charge is 0.316 e. The van der Waals surface area contributed by atoms with Crippen molar-refractivity contribution in [2.45, 2.75) is 56.8 Å².